The van der Waals surface area contributed by atoms with E-state index in [9.17, 15) is 18.0 Å². The van der Waals surface area contributed by atoms with Crippen LogP contribution in [-0.4, -0.2) is 64.0 Å². The maximum atomic E-state index is 13.7. The zero-order chi connectivity index (χ0) is 28.3. The Bertz CT molecular complexity index is 1510. The Hall–Kier alpha value is -4.58. The van der Waals surface area contributed by atoms with Crippen molar-refractivity contribution in [2.75, 3.05) is 48.8 Å². The molecule has 206 valence electrons. The van der Waals surface area contributed by atoms with Crippen LogP contribution >= 0.6 is 0 Å². The average molecular weight is 549 g/mol. The summed E-state index contributed by atoms with van der Waals surface area (Å²) in [5.41, 5.74) is 2.34. The highest BCUT2D eigenvalue weighted by Gasteiger charge is 2.32. The molecule has 0 unspecified atom stereocenters. The summed E-state index contributed by atoms with van der Waals surface area (Å²) in [6.45, 7) is 4.35. The molecule has 1 aliphatic heterocycles. The Morgan fingerprint density at radius 1 is 0.975 bits per heavy atom. The predicted octanol–water partition coefficient (Wildman–Crippen LogP) is 5.01. The van der Waals surface area contributed by atoms with Gasteiger partial charge >= 0.3 is 6.18 Å². The number of anilines is 4. The number of carbonyl (C=O) groups excluding carboxylic acids is 1. The van der Waals surface area contributed by atoms with Gasteiger partial charge in [-0.1, -0.05) is 0 Å². The summed E-state index contributed by atoms with van der Waals surface area (Å²) >= 11 is 0. The minimum atomic E-state index is -4.59. The van der Waals surface area contributed by atoms with Crippen molar-refractivity contribution < 1.29 is 18.0 Å². The van der Waals surface area contributed by atoms with Gasteiger partial charge in [-0.3, -0.25) is 14.8 Å². The van der Waals surface area contributed by atoms with Crippen LogP contribution in [0.5, 0.6) is 0 Å². The molecule has 40 heavy (non-hydrogen) atoms. The van der Waals surface area contributed by atoms with Crippen molar-refractivity contribution in [1.82, 2.24) is 24.8 Å². The molecule has 3 aromatic heterocycles. The Morgan fingerprint density at radius 2 is 1.77 bits per heavy atom. The van der Waals surface area contributed by atoms with Crippen LogP contribution in [0.4, 0.5) is 36.2 Å². The quantitative estimate of drug-likeness (QED) is 0.347. The molecule has 4 aromatic rings. The SMILES string of the molecule is Cc1ncc(NC(=O)c2cc(N3CCN(C)CC3)cc(C(F)(F)F)c2)cc1Nc1nccc(-c2cccnc2)n1. The average Bonchev–Trinajstić information content (AvgIpc) is 2.95. The lowest BCUT2D eigenvalue weighted by atomic mass is 10.1. The number of piperazine rings is 1. The molecule has 0 saturated carbocycles. The van der Waals surface area contributed by atoms with Gasteiger partial charge in [-0.2, -0.15) is 13.2 Å². The second kappa shape index (κ2) is 11.3. The lowest BCUT2D eigenvalue weighted by Gasteiger charge is -2.34. The van der Waals surface area contributed by atoms with E-state index < -0.39 is 17.6 Å². The molecule has 1 aliphatic rings. The summed E-state index contributed by atoms with van der Waals surface area (Å²) in [5.74, 6) is -0.364. The van der Waals surface area contributed by atoms with Gasteiger partial charge in [0.1, 0.15) is 0 Å². The number of hydrogen-bond acceptors (Lipinski definition) is 8. The van der Waals surface area contributed by atoms with Gasteiger partial charge < -0.3 is 20.4 Å². The number of aromatic nitrogens is 4. The molecule has 0 atom stereocenters. The van der Waals surface area contributed by atoms with E-state index in [4.69, 9.17) is 0 Å². The largest absolute Gasteiger partial charge is 0.416 e. The van der Waals surface area contributed by atoms with E-state index in [0.717, 1.165) is 30.8 Å². The molecule has 5 rings (SSSR count). The molecule has 1 saturated heterocycles. The highest BCUT2D eigenvalue weighted by molar-refractivity contribution is 6.05. The van der Waals surface area contributed by atoms with Gasteiger partial charge in [0.2, 0.25) is 5.95 Å². The first kappa shape index (κ1) is 27.0. The first-order valence-corrected chi connectivity index (χ1v) is 12.6. The number of alkyl halides is 3. The maximum Gasteiger partial charge on any atom is 0.416 e. The Kier molecular flexibility index (Phi) is 7.60. The van der Waals surface area contributed by atoms with E-state index in [0.29, 0.717) is 47.5 Å². The third kappa shape index (κ3) is 6.34. The molecule has 1 fully saturated rings. The number of likely N-dealkylation sites (N-methyl/N-ethyl adjacent to an activating group) is 1. The highest BCUT2D eigenvalue weighted by Crippen LogP contribution is 2.34. The number of amides is 1. The minimum Gasteiger partial charge on any atom is -0.369 e. The maximum absolute atomic E-state index is 13.7. The van der Waals surface area contributed by atoms with E-state index in [2.05, 4.69) is 35.5 Å². The molecule has 2 N–H and O–H groups in total. The van der Waals surface area contributed by atoms with Crippen LogP contribution in [0.2, 0.25) is 0 Å². The van der Waals surface area contributed by atoms with Crippen LogP contribution in [0.15, 0.2) is 67.3 Å². The van der Waals surface area contributed by atoms with Crippen LogP contribution in [0.25, 0.3) is 11.3 Å². The Labute approximate surface area is 229 Å². The van der Waals surface area contributed by atoms with Crippen molar-refractivity contribution in [2.24, 2.45) is 0 Å². The Balaban J connectivity index is 1.37. The van der Waals surface area contributed by atoms with Gasteiger partial charge in [0.05, 0.1) is 34.5 Å². The van der Waals surface area contributed by atoms with E-state index >= 15 is 0 Å². The standard InChI is InChI=1S/C28H27F3N8O/c1-18-25(37-27-33-7-5-24(36-27)19-4-3-6-32-16-19)15-22(17-34-18)35-26(40)20-12-21(28(29,30)31)14-23(13-20)39-10-8-38(2)9-11-39/h3-7,12-17H,8-11H2,1-2H3,(H,35,40)(H,33,36,37). The molecular formula is C28H27F3N8O. The molecule has 0 bridgehead atoms. The lowest BCUT2D eigenvalue weighted by molar-refractivity contribution is -0.137. The van der Waals surface area contributed by atoms with Gasteiger partial charge in [-0.05, 0) is 56.4 Å². The number of rotatable bonds is 6. The van der Waals surface area contributed by atoms with Gasteiger partial charge in [0.25, 0.3) is 5.91 Å². The van der Waals surface area contributed by atoms with Crippen molar-refractivity contribution in [3.8, 4) is 11.3 Å². The first-order chi connectivity index (χ1) is 19.2. The molecule has 9 nitrogen and oxygen atoms in total. The zero-order valence-electron chi connectivity index (χ0n) is 21.9. The second-order valence-electron chi connectivity index (χ2n) is 9.50. The number of halogens is 3. The number of nitrogens with zero attached hydrogens (tertiary/aromatic N) is 6. The van der Waals surface area contributed by atoms with E-state index in [1.54, 1.807) is 37.6 Å². The van der Waals surface area contributed by atoms with Crippen molar-refractivity contribution in [2.45, 2.75) is 13.1 Å². The van der Waals surface area contributed by atoms with Crippen LogP contribution < -0.4 is 15.5 Å². The number of pyridine rings is 2. The normalized spacial score (nSPS) is 14.2. The van der Waals surface area contributed by atoms with E-state index in [-0.39, 0.29) is 5.56 Å². The summed E-state index contributed by atoms with van der Waals surface area (Å²) in [5, 5.41) is 5.78. The highest BCUT2D eigenvalue weighted by atomic mass is 19.4. The van der Waals surface area contributed by atoms with Crippen molar-refractivity contribution >= 4 is 28.9 Å². The smallest absolute Gasteiger partial charge is 0.369 e. The molecule has 0 aliphatic carbocycles. The van der Waals surface area contributed by atoms with Crippen LogP contribution in [-0.2, 0) is 6.18 Å². The molecule has 0 radical (unpaired) electrons. The minimum absolute atomic E-state index is 0.0913. The molecule has 0 spiro atoms. The summed E-state index contributed by atoms with van der Waals surface area (Å²) in [6.07, 6.45) is 1.83. The number of benzene rings is 1. The number of aryl methyl sites for hydroxylation is 1. The Morgan fingerprint density at radius 3 is 2.50 bits per heavy atom. The lowest BCUT2D eigenvalue weighted by Crippen LogP contribution is -2.44. The number of hydrogen-bond donors (Lipinski definition) is 2. The van der Waals surface area contributed by atoms with Crippen LogP contribution in [0.1, 0.15) is 21.6 Å². The molecule has 4 heterocycles. The second-order valence-corrected chi connectivity index (χ2v) is 9.50. The summed E-state index contributed by atoms with van der Waals surface area (Å²) in [6, 6.07) is 10.5. The fraction of sp³-hybridized carbons (Fsp3) is 0.250. The van der Waals surface area contributed by atoms with Crippen molar-refractivity contribution in [1.29, 1.82) is 0 Å². The molecule has 1 amide bonds. The summed E-state index contributed by atoms with van der Waals surface area (Å²) in [7, 11) is 1.96. The zero-order valence-corrected chi connectivity index (χ0v) is 21.9. The molecule has 1 aromatic carbocycles. The van der Waals surface area contributed by atoms with Crippen LogP contribution in [0.3, 0.4) is 0 Å². The topological polar surface area (TPSA) is 99.2 Å². The van der Waals surface area contributed by atoms with Crippen LogP contribution in [0, 0.1) is 6.92 Å². The predicted molar refractivity (Wildman–Crippen MR) is 147 cm³/mol. The number of nitrogens with one attached hydrogen (secondary N) is 2. The van der Waals surface area contributed by atoms with E-state index in [1.165, 1.54) is 12.3 Å². The van der Waals surface area contributed by atoms with Gasteiger partial charge in [0.15, 0.2) is 0 Å². The van der Waals surface area contributed by atoms with Crippen molar-refractivity contribution in [3.05, 3.63) is 84.1 Å². The fourth-order valence-electron chi connectivity index (χ4n) is 4.30. The molecule has 12 heteroatoms. The van der Waals surface area contributed by atoms with Gasteiger partial charge in [-0.25, -0.2) is 9.97 Å². The van der Waals surface area contributed by atoms with Gasteiger partial charge in [0, 0.05) is 61.6 Å². The number of carbonyl (C=O) groups is 1. The third-order valence-corrected chi connectivity index (χ3v) is 6.58. The van der Waals surface area contributed by atoms with Crippen molar-refractivity contribution in [3.63, 3.8) is 0 Å². The monoisotopic (exact) mass is 548 g/mol. The first-order valence-electron chi connectivity index (χ1n) is 12.6. The van der Waals surface area contributed by atoms with E-state index in [1.807, 2.05) is 24.1 Å². The third-order valence-electron chi connectivity index (χ3n) is 6.58. The summed E-state index contributed by atoms with van der Waals surface area (Å²) < 4.78 is 41.1. The summed E-state index contributed by atoms with van der Waals surface area (Å²) in [4.78, 5) is 34.3. The molecular weight excluding hydrogens is 521 g/mol. The van der Waals surface area contributed by atoms with Gasteiger partial charge in [-0.15, -0.1) is 0 Å². The fourth-order valence-corrected chi connectivity index (χ4v) is 4.30.